The number of rotatable bonds is 2. The van der Waals surface area contributed by atoms with E-state index in [9.17, 15) is 9.59 Å². The fourth-order valence-electron chi connectivity index (χ4n) is 2.71. The van der Waals surface area contributed by atoms with Gasteiger partial charge in [0.2, 0.25) is 5.91 Å². The van der Waals surface area contributed by atoms with E-state index in [2.05, 4.69) is 10.2 Å². The van der Waals surface area contributed by atoms with E-state index < -0.39 is 0 Å². The second kappa shape index (κ2) is 5.04. The van der Waals surface area contributed by atoms with E-state index in [0.717, 1.165) is 32.4 Å². The van der Waals surface area contributed by atoms with Crippen LogP contribution >= 0.6 is 0 Å². The number of hydrogen-bond donors (Lipinski definition) is 1. The lowest BCUT2D eigenvalue weighted by Gasteiger charge is -2.33. The fraction of sp³-hybridized carbons (Fsp3) is 0.833. The van der Waals surface area contributed by atoms with E-state index >= 15 is 0 Å². The summed E-state index contributed by atoms with van der Waals surface area (Å²) in [6.07, 6.45) is 2.48. The molecule has 2 unspecified atom stereocenters. The molecule has 5 heteroatoms. The predicted molar refractivity (Wildman–Crippen MR) is 62.3 cm³/mol. The summed E-state index contributed by atoms with van der Waals surface area (Å²) in [4.78, 5) is 25.3. The molecular formula is C12H20N2O3. The maximum atomic E-state index is 11.6. The molecule has 1 N–H and O–H groups in total. The summed E-state index contributed by atoms with van der Waals surface area (Å²) in [5.41, 5.74) is 0. The molecule has 2 fully saturated rings. The highest BCUT2D eigenvalue weighted by atomic mass is 16.6. The summed E-state index contributed by atoms with van der Waals surface area (Å²) in [6, 6.07) is -0.0874. The Hall–Kier alpha value is -1.10. The number of ether oxygens (including phenoxy) is 1. The highest BCUT2D eigenvalue weighted by molar-refractivity contribution is 5.79. The molecule has 0 spiro atoms. The molecule has 5 nitrogen and oxygen atoms in total. The predicted octanol–water partition coefficient (Wildman–Crippen LogP) is 0.148. The van der Waals surface area contributed by atoms with Crippen LogP contribution in [0.5, 0.6) is 0 Å². The van der Waals surface area contributed by atoms with Gasteiger partial charge in [-0.15, -0.1) is 0 Å². The van der Waals surface area contributed by atoms with E-state index in [4.69, 9.17) is 4.74 Å². The number of piperidine rings is 1. The first-order chi connectivity index (χ1) is 8.11. The van der Waals surface area contributed by atoms with Gasteiger partial charge in [0.25, 0.3) is 0 Å². The van der Waals surface area contributed by atoms with Gasteiger partial charge < -0.3 is 10.1 Å². The third kappa shape index (κ3) is 2.60. The monoisotopic (exact) mass is 240 g/mol. The number of carbonyl (C=O) groups is 2. The molecule has 0 saturated carbocycles. The Bertz CT molecular complexity index is 311. The minimum Gasteiger partial charge on any atom is -0.461 e. The van der Waals surface area contributed by atoms with Gasteiger partial charge in [-0.1, -0.05) is 0 Å². The van der Waals surface area contributed by atoms with Crippen molar-refractivity contribution in [1.29, 1.82) is 0 Å². The molecule has 2 rings (SSSR count). The topological polar surface area (TPSA) is 58.6 Å². The Morgan fingerprint density at radius 2 is 2.06 bits per heavy atom. The first-order valence-corrected chi connectivity index (χ1v) is 6.28. The van der Waals surface area contributed by atoms with Gasteiger partial charge in [-0.25, -0.2) is 0 Å². The second-order valence-corrected chi connectivity index (χ2v) is 4.92. The summed E-state index contributed by atoms with van der Waals surface area (Å²) in [5, 5.41) is 2.69. The molecule has 17 heavy (non-hydrogen) atoms. The van der Waals surface area contributed by atoms with Gasteiger partial charge in [-0.3, -0.25) is 14.5 Å². The van der Waals surface area contributed by atoms with E-state index in [0.29, 0.717) is 0 Å². The summed E-state index contributed by atoms with van der Waals surface area (Å²) in [5.74, 6) is 0.119. The molecule has 2 heterocycles. The lowest BCUT2D eigenvalue weighted by molar-refractivity contribution is -0.145. The maximum absolute atomic E-state index is 11.6. The van der Waals surface area contributed by atoms with Gasteiger partial charge in [0.15, 0.2) is 0 Å². The lowest BCUT2D eigenvalue weighted by atomic mass is 9.94. The molecular weight excluding hydrogens is 220 g/mol. The minimum absolute atomic E-state index is 0.0316. The summed E-state index contributed by atoms with van der Waals surface area (Å²) in [6.45, 7) is 3.55. The van der Waals surface area contributed by atoms with Gasteiger partial charge >= 0.3 is 5.97 Å². The Kier molecular flexibility index (Phi) is 3.66. The second-order valence-electron chi connectivity index (χ2n) is 4.92. The van der Waals surface area contributed by atoms with E-state index in [-0.39, 0.29) is 29.9 Å². The zero-order valence-electron chi connectivity index (χ0n) is 10.4. The van der Waals surface area contributed by atoms with Crippen molar-refractivity contribution < 1.29 is 14.3 Å². The van der Waals surface area contributed by atoms with Gasteiger partial charge in [-0.2, -0.15) is 0 Å². The van der Waals surface area contributed by atoms with Crippen LogP contribution in [0, 0.1) is 5.92 Å². The first kappa shape index (κ1) is 12.4. The van der Waals surface area contributed by atoms with Crippen LogP contribution in [0.25, 0.3) is 0 Å². The molecule has 1 amide bonds. The molecule has 0 bridgehead atoms. The molecule has 0 radical (unpaired) electrons. The first-order valence-electron chi connectivity index (χ1n) is 6.28. The van der Waals surface area contributed by atoms with Crippen LogP contribution in [0.15, 0.2) is 0 Å². The molecule has 0 aromatic rings. The van der Waals surface area contributed by atoms with Crippen molar-refractivity contribution in [1.82, 2.24) is 10.2 Å². The molecule has 0 aromatic carbocycles. The number of amides is 1. The van der Waals surface area contributed by atoms with Gasteiger partial charge in [0, 0.05) is 19.4 Å². The third-order valence-corrected chi connectivity index (χ3v) is 3.73. The zero-order chi connectivity index (χ0) is 12.4. The van der Waals surface area contributed by atoms with Crippen LogP contribution in [0.2, 0.25) is 0 Å². The molecule has 0 aromatic heterocycles. The minimum atomic E-state index is -0.101. The number of nitrogens with one attached hydrogen (secondary N) is 1. The SMILES string of the molecule is CNC(=O)C1CCN(C2CC(C)OC2=O)CC1. The van der Waals surface area contributed by atoms with Crippen molar-refractivity contribution in [2.45, 2.75) is 38.3 Å². The van der Waals surface area contributed by atoms with Crippen molar-refractivity contribution in [2.75, 3.05) is 20.1 Å². The Morgan fingerprint density at radius 3 is 2.53 bits per heavy atom. The number of esters is 1. The van der Waals surface area contributed by atoms with Crippen LogP contribution in [-0.4, -0.2) is 49.1 Å². The molecule has 0 aliphatic carbocycles. The van der Waals surface area contributed by atoms with E-state index in [1.165, 1.54) is 0 Å². The number of nitrogens with zero attached hydrogens (tertiary/aromatic N) is 1. The molecule has 2 saturated heterocycles. The van der Waals surface area contributed by atoms with Gasteiger partial charge in [0.05, 0.1) is 0 Å². The average molecular weight is 240 g/mol. The van der Waals surface area contributed by atoms with Crippen molar-refractivity contribution in [3.05, 3.63) is 0 Å². The number of likely N-dealkylation sites (tertiary alicyclic amines) is 1. The molecule has 2 aliphatic heterocycles. The largest absolute Gasteiger partial charge is 0.461 e. The average Bonchev–Trinajstić information content (AvgIpc) is 2.68. The quantitative estimate of drug-likeness (QED) is 0.698. The van der Waals surface area contributed by atoms with Gasteiger partial charge in [0.1, 0.15) is 12.1 Å². The Balaban J connectivity index is 1.87. The van der Waals surface area contributed by atoms with Crippen LogP contribution in [0.4, 0.5) is 0 Å². The highest BCUT2D eigenvalue weighted by Crippen LogP contribution is 2.25. The summed E-state index contributed by atoms with van der Waals surface area (Å²) >= 11 is 0. The number of carbonyl (C=O) groups excluding carboxylic acids is 2. The standard InChI is InChI=1S/C12H20N2O3/c1-8-7-10(12(16)17-8)14-5-3-9(4-6-14)11(15)13-2/h8-10H,3-7H2,1-2H3,(H,13,15). The zero-order valence-corrected chi connectivity index (χ0v) is 10.4. The van der Waals surface area contributed by atoms with Crippen LogP contribution in [-0.2, 0) is 14.3 Å². The number of cyclic esters (lactones) is 1. The van der Waals surface area contributed by atoms with Crippen molar-refractivity contribution >= 4 is 11.9 Å². The molecule has 96 valence electrons. The van der Waals surface area contributed by atoms with Crippen LogP contribution in [0.3, 0.4) is 0 Å². The van der Waals surface area contributed by atoms with Crippen molar-refractivity contribution in [3.63, 3.8) is 0 Å². The van der Waals surface area contributed by atoms with Gasteiger partial charge in [-0.05, 0) is 32.9 Å². The highest BCUT2D eigenvalue weighted by Gasteiger charge is 2.38. The number of hydrogen-bond acceptors (Lipinski definition) is 4. The van der Waals surface area contributed by atoms with Crippen molar-refractivity contribution in [3.8, 4) is 0 Å². The smallest absolute Gasteiger partial charge is 0.323 e. The van der Waals surface area contributed by atoms with Crippen LogP contribution in [0.1, 0.15) is 26.2 Å². The Morgan fingerprint density at radius 1 is 1.41 bits per heavy atom. The lowest BCUT2D eigenvalue weighted by Crippen LogP contribution is -2.46. The Labute approximate surface area is 101 Å². The summed E-state index contributed by atoms with van der Waals surface area (Å²) < 4.78 is 5.16. The summed E-state index contributed by atoms with van der Waals surface area (Å²) in [7, 11) is 1.67. The van der Waals surface area contributed by atoms with Crippen molar-refractivity contribution in [2.24, 2.45) is 5.92 Å². The molecule has 2 aliphatic rings. The fourth-order valence-corrected chi connectivity index (χ4v) is 2.71. The maximum Gasteiger partial charge on any atom is 0.323 e. The normalized spacial score (nSPS) is 31.3. The van der Waals surface area contributed by atoms with Crippen LogP contribution < -0.4 is 5.32 Å². The van der Waals surface area contributed by atoms with E-state index in [1.807, 2.05) is 6.92 Å². The molecule has 2 atom stereocenters. The third-order valence-electron chi connectivity index (χ3n) is 3.73. The van der Waals surface area contributed by atoms with E-state index in [1.54, 1.807) is 7.05 Å².